The van der Waals surface area contributed by atoms with Crippen LogP contribution in [0, 0.1) is 5.41 Å². The zero-order valence-electron chi connectivity index (χ0n) is 13.1. The number of nitrogens with two attached hydrogens (primary N) is 1. The Bertz CT molecular complexity index is 707. The summed E-state index contributed by atoms with van der Waals surface area (Å²) in [6.07, 6.45) is -1.17. The van der Waals surface area contributed by atoms with E-state index in [-0.39, 0.29) is 5.69 Å². The van der Waals surface area contributed by atoms with Crippen molar-refractivity contribution in [2.24, 2.45) is 0 Å². The van der Waals surface area contributed by atoms with Gasteiger partial charge in [0, 0.05) is 31.0 Å². The molecular weight excluding hydrogens is 323 g/mol. The zero-order valence-corrected chi connectivity index (χ0v) is 13.1. The van der Waals surface area contributed by atoms with Crippen LogP contribution in [0.1, 0.15) is 12.5 Å². The molecule has 0 fully saturated rings. The summed E-state index contributed by atoms with van der Waals surface area (Å²) in [5.74, 6) is -1.58. The standard InChI is InChI=1S/C16H16F3N3O2/c1-10(21-2)8-14(24)15(20)13(23)6-7-22-12-5-3-4-11(9-12)16(17,18)19/h3-9,20-22H,1-2H3/p+1/b7-6-,10-8+,20-15?. The SMILES string of the molecule is CN/C(C)=C/C(=O)C(=N)C(=O)/C=C\[NH2+]c1cccc(C(F)(F)F)c1. The number of hydrogen-bond donors (Lipinski definition) is 3. The van der Waals surface area contributed by atoms with Crippen molar-refractivity contribution in [3.05, 3.63) is 53.9 Å². The van der Waals surface area contributed by atoms with Gasteiger partial charge in [0.1, 0.15) is 17.6 Å². The number of carbonyl (C=O) groups is 2. The van der Waals surface area contributed by atoms with Gasteiger partial charge in [-0.05, 0) is 19.1 Å². The van der Waals surface area contributed by atoms with E-state index < -0.39 is 29.0 Å². The van der Waals surface area contributed by atoms with E-state index in [2.05, 4.69) is 5.32 Å². The molecule has 0 bridgehead atoms. The Balaban J connectivity index is 2.72. The first-order valence-electron chi connectivity index (χ1n) is 6.87. The van der Waals surface area contributed by atoms with Gasteiger partial charge in [0.2, 0.25) is 11.6 Å². The fourth-order valence-corrected chi connectivity index (χ4v) is 1.61. The van der Waals surface area contributed by atoms with E-state index in [0.717, 1.165) is 24.3 Å². The highest BCUT2D eigenvalue weighted by molar-refractivity contribution is 6.69. The lowest BCUT2D eigenvalue weighted by Gasteiger charge is -2.06. The molecule has 0 aromatic heterocycles. The molecule has 0 unspecified atom stereocenters. The lowest BCUT2D eigenvalue weighted by atomic mass is 10.1. The molecule has 0 saturated carbocycles. The van der Waals surface area contributed by atoms with Gasteiger partial charge in [-0.15, -0.1) is 0 Å². The number of hydrogen-bond acceptors (Lipinski definition) is 4. The topological polar surface area (TPSA) is 86.6 Å². The van der Waals surface area contributed by atoms with Crippen LogP contribution in [0.25, 0.3) is 0 Å². The molecule has 0 spiro atoms. The van der Waals surface area contributed by atoms with Gasteiger partial charge in [-0.3, -0.25) is 20.3 Å². The predicted octanol–water partition coefficient (Wildman–Crippen LogP) is 1.70. The Hall–Kier alpha value is -2.74. The van der Waals surface area contributed by atoms with Crippen molar-refractivity contribution in [2.75, 3.05) is 7.05 Å². The number of carbonyl (C=O) groups excluding carboxylic acids is 2. The molecule has 0 aliphatic heterocycles. The largest absolute Gasteiger partial charge is 0.416 e. The van der Waals surface area contributed by atoms with Crippen LogP contribution in [-0.4, -0.2) is 24.3 Å². The van der Waals surface area contributed by atoms with Crippen molar-refractivity contribution < 1.29 is 28.1 Å². The number of benzene rings is 1. The minimum absolute atomic E-state index is 0.248. The van der Waals surface area contributed by atoms with Crippen LogP contribution in [0.3, 0.4) is 0 Å². The third-order valence-electron chi connectivity index (χ3n) is 2.98. The fourth-order valence-electron chi connectivity index (χ4n) is 1.61. The highest BCUT2D eigenvalue weighted by Gasteiger charge is 2.30. The van der Waals surface area contributed by atoms with Gasteiger partial charge >= 0.3 is 6.18 Å². The Morgan fingerprint density at radius 3 is 2.50 bits per heavy atom. The second kappa shape index (κ2) is 8.21. The van der Waals surface area contributed by atoms with Crippen molar-refractivity contribution in [3.63, 3.8) is 0 Å². The highest BCUT2D eigenvalue weighted by atomic mass is 19.4. The van der Waals surface area contributed by atoms with E-state index in [1.165, 1.54) is 23.6 Å². The fraction of sp³-hybridized carbons (Fsp3) is 0.188. The second-order valence-corrected chi connectivity index (χ2v) is 4.83. The Labute approximate surface area is 136 Å². The molecule has 24 heavy (non-hydrogen) atoms. The predicted molar refractivity (Wildman–Crippen MR) is 82.7 cm³/mol. The normalized spacial score (nSPS) is 12.3. The van der Waals surface area contributed by atoms with E-state index in [1.807, 2.05) is 0 Å². The van der Waals surface area contributed by atoms with Crippen molar-refractivity contribution in [1.82, 2.24) is 5.32 Å². The zero-order chi connectivity index (χ0) is 18.3. The minimum Gasteiger partial charge on any atom is -0.392 e. The molecule has 0 aliphatic carbocycles. The molecule has 1 rings (SSSR count). The number of alkyl halides is 3. The molecule has 1 aromatic carbocycles. The number of rotatable bonds is 7. The molecule has 0 heterocycles. The van der Waals surface area contributed by atoms with Gasteiger partial charge in [-0.25, -0.2) is 0 Å². The Kier molecular flexibility index (Phi) is 6.60. The summed E-state index contributed by atoms with van der Waals surface area (Å²) in [5, 5.41) is 11.5. The molecule has 8 heteroatoms. The number of allylic oxidation sites excluding steroid dienone is 3. The van der Waals surface area contributed by atoms with Crippen LogP contribution in [0.2, 0.25) is 0 Å². The van der Waals surface area contributed by atoms with Gasteiger partial charge in [-0.1, -0.05) is 6.07 Å². The summed E-state index contributed by atoms with van der Waals surface area (Å²) in [6, 6.07) is 4.57. The molecule has 1 aromatic rings. The maximum Gasteiger partial charge on any atom is 0.416 e. The van der Waals surface area contributed by atoms with Gasteiger partial charge in [0.25, 0.3) is 0 Å². The Morgan fingerprint density at radius 1 is 1.25 bits per heavy atom. The van der Waals surface area contributed by atoms with E-state index in [1.54, 1.807) is 14.0 Å². The third kappa shape index (κ3) is 5.81. The molecule has 0 amide bonds. The lowest BCUT2D eigenvalue weighted by Crippen LogP contribution is -2.71. The lowest BCUT2D eigenvalue weighted by molar-refractivity contribution is -0.496. The van der Waals surface area contributed by atoms with Gasteiger partial charge in [0.05, 0.1) is 5.56 Å². The summed E-state index contributed by atoms with van der Waals surface area (Å²) in [6.45, 7) is 1.60. The van der Waals surface area contributed by atoms with Crippen LogP contribution in [0.4, 0.5) is 18.9 Å². The second-order valence-electron chi connectivity index (χ2n) is 4.83. The first-order chi connectivity index (χ1) is 11.1. The summed E-state index contributed by atoms with van der Waals surface area (Å²) < 4.78 is 37.8. The molecule has 0 radical (unpaired) electrons. The average Bonchev–Trinajstić information content (AvgIpc) is 2.53. The Morgan fingerprint density at radius 2 is 1.92 bits per heavy atom. The van der Waals surface area contributed by atoms with Crippen molar-refractivity contribution in [1.29, 1.82) is 5.41 Å². The first-order valence-corrected chi connectivity index (χ1v) is 6.87. The molecular formula is C16H17F3N3O2+. The smallest absolute Gasteiger partial charge is 0.392 e. The van der Waals surface area contributed by atoms with E-state index >= 15 is 0 Å². The van der Waals surface area contributed by atoms with Crippen LogP contribution in [0.15, 0.2) is 48.3 Å². The molecule has 5 nitrogen and oxygen atoms in total. The highest BCUT2D eigenvalue weighted by Crippen LogP contribution is 2.29. The van der Waals surface area contributed by atoms with Crippen LogP contribution in [-0.2, 0) is 15.8 Å². The summed E-state index contributed by atoms with van der Waals surface area (Å²) in [7, 11) is 1.59. The third-order valence-corrected chi connectivity index (χ3v) is 2.98. The van der Waals surface area contributed by atoms with Crippen molar-refractivity contribution in [3.8, 4) is 0 Å². The monoisotopic (exact) mass is 340 g/mol. The van der Waals surface area contributed by atoms with Gasteiger partial charge in [-0.2, -0.15) is 13.2 Å². The minimum atomic E-state index is -4.45. The van der Waals surface area contributed by atoms with Gasteiger partial charge < -0.3 is 5.32 Å². The van der Waals surface area contributed by atoms with E-state index in [4.69, 9.17) is 5.41 Å². The van der Waals surface area contributed by atoms with Crippen LogP contribution in [0.5, 0.6) is 0 Å². The molecule has 128 valence electrons. The number of nitrogens with one attached hydrogen (secondary N) is 2. The summed E-state index contributed by atoms with van der Waals surface area (Å²) in [5.41, 5.74) is -0.778. The average molecular weight is 340 g/mol. The molecule has 0 aliphatic rings. The molecule has 4 N–H and O–H groups in total. The van der Waals surface area contributed by atoms with Crippen LogP contribution >= 0.6 is 0 Å². The summed E-state index contributed by atoms with van der Waals surface area (Å²) in [4.78, 5) is 23.3. The maximum absolute atomic E-state index is 12.6. The quantitative estimate of drug-likeness (QED) is 0.306. The number of quaternary nitrogens is 1. The number of ketones is 2. The molecule has 0 saturated heterocycles. The van der Waals surface area contributed by atoms with E-state index in [0.29, 0.717) is 5.70 Å². The number of halogens is 3. The molecule has 0 atom stereocenters. The maximum atomic E-state index is 12.6. The van der Waals surface area contributed by atoms with Gasteiger partial charge in [0.15, 0.2) is 0 Å². The van der Waals surface area contributed by atoms with Crippen molar-refractivity contribution in [2.45, 2.75) is 13.1 Å². The van der Waals surface area contributed by atoms with Crippen LogP contribution < -0.4 is 10.6 Å². The summed E-state index contributed by atoms with van der Waals surface area (Å²) >= 11 is 0. The van der Waals surface area contributed by atoms with Crippen molar-refractivity contribution >= 4 is 23.0 Å². The first kappa shape index (κ1) is 19.3. The van der Waals surface area contributed by atoms with E-state index in [9.17, 15) is 22.8 Å².